The van der Waals surface area contributed by atoms with Crippen molar-refractivity contribution in [2.24, 2.45) is 0 Å². The highest BCUT2D eigenvalue weighted by molar-refractivity contribution is 5.95. The van der Waals surface area contributed by atoms with Gasteiger partial charge in [-0.15, -0.1) is 0 Å². The molecule has 2 aromatic carbocycles. The van der Waals surface area contributed by atoms with Crippen LogP contribution in [0, 0.1) is 0 Å². The molecule has 0 saturated heterocycles. The fourth-order valence-corrected chi connectivity index (χ4v) is 2.24. The van der Waals surface area contributed by atoms with Gasteiger partial charge >= 0.3 is 0 Å². The first-order valence-electron chi connectivity index (χ1n) is 7.69. The molecule has 0 bridgehead atoms. The molecule has 0 aliphatic rings. The van der Waals surface area contributed by atoms with Crippen LogP contribution in [0.15, 0.2) is 61.4 Å². The molecule has 122 valence electrons. The van der Waals surface area contributed by atoms with Gasteiger partial charge in [0.2, 0.25) is 0 Å². The van der Waals surface area contributed by atoms with E-state index >= 15 is 0 Å². The molecule has 0 radical (unpaired) electrons. The van der Waals surface area contributed by atoms with E-state index in [1.165, 1.54) is 5.56 Å². The summed E-state index contributed by atoms with van der Waals surface area (Å²) in [5.74, 6) is 0.0365. The molecular weight excluding hydrogens is 286 g/mol. The fourth-order valence-electron chi connectivity index (χ4n) is 2.24. The Morgan fingerprint density at radius 3 is 2.26 bits per heavy atom. The summed E-state index contributed by atoms with van der Waals surface area (Å²) in [6, 6.07) is 16.4. The average Bonchev–Trinajstić information content (AvgIpc) is 2.56. The molecule has 1 amide bonds. The van der Waals surface area contributed by atoms with Gasteiger partial charge in [0.1, 0.15) is 0 Å². The van der Waals surface area contributed by atoms with Crippen LogP contribution in [0.4, 0.5) is 0 Å². The summed E-state index contributed by atoms with van der Waals surface area (Å²) in [6.45, 7) is 5.10. The number of aliphatic hydroxyl groups is 1. The van der Waals surface area contributed by atoms with Crippen molar-refractivity contribution in [3.05, 3.63) is 72.5 Å². The van der Waals surface area contributed by atoms with Gasteiger partial charge in [-0.1, -0.05) is 56.3 Å². The minimum atomic E-state index is 0.0365. The van der Waals surface area contributed by atoms with Crippen LogP contribution >= 0.6 is 0 Å². The molecule has 0 spiro atoms. The first kappa shape index (κ1) is 18.5. The van der Waals surface area contributed by atoms with Gasteiger partial charge < -0.3 is 10.0 Å². The van der Waals surface area contributed by atoms with Crippen molar-refractivity contribution in [2.75, 3.05) is 14.1 Å². The van der Waals surface area contributed by atoms with E-state index in [-0.39, 0.29) is 5.91 Å². The quantitative estimate of drug-likeness (QED) is 0.832. The number of carbonyl (C=O) groups is 1. The van der Waals surface area contributed by atoms with Crippen molar-refractivity contribution in [3.8, 4) is 11.1 Å². The molecule has 2 rings (SSSR count). The molecule has 0 fully saturated rings. The topological polar surface area (TPSA) is 40.5 Å². The van der Waals surface area contributed by atoms with Crippen molar-refractivity contribution < 1.29 is 9.90 Å². The second-order valence-corrected chi connectivity index (χ2v) is 5.41. The summed E-state index contributed by atoms with van der Waals surface area (Å²) < 4.78 is 0. The molecule has 0 aliphatic heterocycles. The van der Waals surface area contributed by atoms with Crippen molar-refractivity contribution in [3.63, 3.8) is 0 Å². The highest BCUT2D eigenvalue weighted by Gasteiger charge is 2.08. The molecule has 23 heavy (non-hydrogen) atoms. The smallest absolute Gasteiger partial charge is 0.253 e. The number of hydrogen-bond donors (Lipinski definition) is 1. The third-order valence-electron chi connectivity index (χ3n) is 3.34. The Labute approximate surface area is 138 Å². The van der Waals surface area contributed by atoms with E-state index in [1.54, 1.807) is 19.0 Å². The van der Waals surface area contributed by atoms with Crippen molar-refractivity contribution in [1.82, 2.24) is 4.90 Å². The second-order valence-electron chi connectivity index (χ2n) is 5.41. The van der Waals surface area contributed by atoms with Gasteiger partial charge in [-0.05, 0) is 35.2 Å². The lowest BCUT2D eigenvalue weighted by Crippen LogP contribution is -2.21. The zero-order valence-electron chi connectivity index (χ0n) is 14.1. The summed E-state index contributed by atoms with van der Waals surface area (Å²) in [7, 11) is 3.54. The molecule has 0 heterocycles. The Morgan fingerprint density at radius 1 is 1.13 bits per heavy atom. The lowest BCUT2D eigenvalue weighted by molar-refractivity contribution is 0.0827. The Bertz CT molecular complexity index is 630. The minimum absolute atomic E-state index is 0.0365. The monoisotopic (exact) mass is 311 g/mol. The zero-order valence-corrected chi connectivity index (χ0v) is 14.1. The number of benzene rings is 2. The summed E-state index contributed by atoms with van der Waals surface area (Å²) >= 11 is 0. The molecule has 0 unspecified atom stereocenters. The van der Waals surface area contributed by atoms with E-state index in [2.05, 4.69) is 37.8 Å². The van der Waals surface area contributed by atoms with Crippen molar-refractivity contribution >= 4 is 5.91 Å². The number of nitrogens with zero attached hydrogens (tertiary/aromatic N) is 1. The number of hydrogen-bond acceptors (Lipinski definition) is 2. The lowest BCUT2D eigenvalue weighted by Gasteiger charge is -2.11. The van der Waals surface area contributed by atoms with Crippen LogP contribution in [0.25, 0.3) is 11.1 Å². The van der Waals surface area contributed by atoms with E-state index in [4.69, 9.17) is 5.11 Å². The molecular formula is C20H25NO2. The van der Waals surface area contributed by atoms with Crippen molar-refractivity contribution in [2.45, 2.75) is 19.8 Å². The maximum Gasteiger partial charge on any atom is 0.253 e. The fraction of sp³-hybridized carbons (Fsp3) is 0.250. The Morgan fingerprint density at radius 2 is 1.74 bits per heavy atom. The molecule has 0 saturated carbocycles. The largest absolute Gasteiger partial charge is 0.516 e. The van der Waals surface area contributed by atoms with Gasteiger partial charge in [-0.25, -0.2) is 0 Å². The standard InChI is InChI=1S/C18H21NO.C2H4O/c1-4-6-14-9-11-15(12-10-14)16-7-5-8-17(13-16)18(20)19(2)3;1-2-3/h5,7-13H,4,6H2,1-3H3;2-3H,1H2. The van der Waals surface area contributed by atoms with Gasteiger partial charge in [-0.3, -0.25) is 4.79 Å². The molecule has 0 aliphatic carbocycles. The zero-order chi connectivity index (χ0) is 17.2. The van der Waals surface area contributed by atoms with Crippen LogP contribution in [0.3, 0.4) is 0 Å². The number of aliphatic hydroxyl groups excluding tert-OH is 1. The minimum Gasteiger partial charge on any atom is -0.516 e. The number of aryl methyl sites for hydroxylation is 1. The molecule has 1 N–H and O–H groups in total. The predicted octanol–water partition coefficient (Wildman–Crippen LogP) is 4.70. The lowest BCUT2D eigenvalue weighted by atomic mass is 10.0. The summed E-state index contributed by atoms with van der Waals surface area (Å²) in [5.41, 5.74) is 4.32. The van der Waals surface area contributed by atoms with Crippen LogP contribution in [0.2, 0.25) is 0 Å². The van der Waals surface area contributed by atoms with Gasteiger partial charge in [-0.2, -0.15) is 0 Å². The van der Waals surface area contributed by atoms with Crippen molar-refractivity contribution in [1.29, 1.82) is 0 Å². The second kappa shape index (κ2) is 9.46. The Hall–Kier alpha value is -2.55. The predicted molar refractivity (Wildman–Crippen MR) is 96.7 cm³/mol. The van der Waals surface area contributed by atoms with E-state index in [0.717, 1.165) is 35.8 Å². The third kappa shape index (κ3) is 5.62. The van der Waals surface area contributed by atoms with Crippen LogP contribution in [0.1, 0.15) is 29.3 Å². The molecule has 0 atom stereocenters. The Kier molecular flexibility index (Phi) is 7.61. The molecule has 0 aromatic heterocycles. The maximum absolute atomic E-state index is 12.0. The van der Waals surface area contributed by atoms with E-state index < -0.39 is 0 Å². The number of carbonyl (C=O) groups excluding carboxylic acids is 1. The van der Waals surface area contributed by atoms with Gasteiger partial charge in [0.25, 0.3) is 5.91 Å². The van der Waals surface area contributed by atoms with E-state index in [0.29, 0.717) is 0 Å². The van der Waals surface area contributed by atoms with Crippen LogP contribution in [-0.4, -0.2) is 30.0 Å². The SMILES string of the molecule is C=CO.CCCc1ccc(-c2cccc(C(=O)N(C)C)c2)cc1. The average molecular weight is 311 g/mol. The number of amides is 1. The maximum atomic E-state index is 12.0. The van der Waals surface area contributed by atoms with Gasteiger partial charge in [0.05, 0.1) is 6.26 Å². The summed E-state index contributed by atoms with van der Waals surface area (Å²) in [6.07, 6.45) is 3.02. The first-order chi connectivity index (χ1) is 11.0. The normalized spacial score (nSPS) is 9.52. The van der Waals surface area contributed by atoms with Crippen LogP contribution in [-0.2, 0) is 6.42 Å². The molecule has 2 aromatic rings. The highest BCUT2D eigenvalue weighted by Crippen LogP contribution is 2.21. The molecule has 3 nitrogen and oxygen atoms in total. The van der Waals surface area contributed by atoms with Gasteiger partial charge in [0.15, 0.2) is 0 Å². The summed E-state index contributed by atoms with van der Waals surface area (Å²) in [4.78, 5) is 13.6. The van der Waals surface area contributed by atoms with E-state index in [1.807, 2.05) is 24.3 Å². The number of rotatable bonds is 4. The van der Waals surface area contributed by atoms with E-state index in [9.17, 15) is 4.79 Å². The first-order valence-corrected chi connectivity index (χ1v) is 7.69. The highest BCUT2D eigenvalue weighted by atomic mass is 16.2. The summed E-state index contributed by atoms with van der Waals surface area (Å²) in [5, 5.41) is 7.33. The Balaban J connectivity index is 0.000000816. The van der Waals surface area contributed by atoms with Crippen LogP contribution in [0.5, 0.6) is 0 Å². The van der Waals surface area contributed by atoms with Gasteiger partial charge in [0, 0.05) is 19.7 Å². The van der Waals surface area contributed by atoms with Crippen LogP contribution < -0.4 is 0 Å². The molecule has 3 heteroatoms. The third-order valence-corrected chi connectivity index (χ3v) is 3.34.